The maximum absolute atomic E-state index is 13.2. The second kappa shape index (κ2) is 8.90. The van der Waals surface area contributed by atoms with E-state index in [0.29, 0.717) is 29.9 Å². The van der Waals surface area contributed by atoms with Crippen LogP contribution in [0.3, 0.4) is 0 Å². The van der Waals surface area contributed by atoms with Crippen LogP contribution in [-0.2, 0) is 11.2 Å². The van der Waals surface area contributed by atoms with E-state index in [0.717, 1.165) is 12.0 Å². The van der Waals surface area contributed by atoms with Crippen molar-refractivity contribution in [3.8, 4) is 17.2 Å². The zero-order chi connectivity index (χ0) is 22.0. The average Bonchev–Trinajstić information content (AvgIpc) is 2.72. The third kappa shape index (κ3) is 4.07. The van der Waals surface area contributed by atoms with Crippen molar-refractivity contribution in [2.45, 2.75) is 59.3 Å². The predicted octanol–water partition coefficient (Wildman–Crippen LogP) is 5.36. The van der Waals surface area contributed by atoms with E-state index >= 15 is 0 Å². The molecule has 0 amide bonds. The van der Waals surface area contributed by atoms with Gasteiger partial charge in [-0.1, -0.05) is 58.0 Å². The lowest BCUT2D eigenvalue weighted by molar-refractivity contribution is -0.135. The quantitative estimate of drug-likeness (QED) is 0.365. The van der Waals surface area contributed by atoms with Crippen molar-refractivity contribution in [3.05, 3.63) is 52.6 Å². The molecule has 3 rings (SSSR count). The first-order valence-electron chi connectivity index (χ1n) is 10.7. The van der Waals surface area contributed by atoms with E-state index in [2.05, 4.69) is 13.8 Å². The fourth-order valence-electron chi connectivity index (χ4n) is 3.93. The molecule has 2 aromatic rings. The van der Waals surface area contributed by atoms with Crippen LogP contribution in [0.2, 0.25) is 0 Å². The largest absolute Gasteiger partial charge is 0.507 e. The van der Waals surface area contributed by atoms with E-state index in [9.17, 15) is 19.8 Å². The Kier molecular flexibility index (Phi) is 6.49. The van der Waals surface area contributed by atoms with Crippen LogP contribution in [0.25, 0.3) is 0 Å². The number of fused-ring (bicyclic) bond motifs is 1. The Hall–Kier alpha value is -2.82. The average molecular weight is 411 g/mol. The lowest BCUT2D eigenvalue weighted by Crippen LogP contribution is -2.25. The molecule has 5 heteroatoms. The molecule has 2 aromatic carbocycles. The highest BCUT2D eigenvalue weighted by Gasteiger charge is 2.38. The Morgan fingerprint density at radius 2 is 1.80 bits per heavy atom. The number of ketones is 1. The van der Waals surface area contributed by atoms with Crippen molar-refractivity contribution in [3.63, 3.8) is 0 Å². The number of rotatable bonds is 7. The summed E-state index contributed by atoms with van der Waals surface area (Å²) >= 11 is 0. The van der Waals surface area contributed by atoms with Gasteiger partial charge in [0.25, 0.3) is 0 Å². The molecule has 1 heterocycles. The molecule has 160 valence electrons. The van der Waals surface area contributed by atoms with Gasteiger partial charge >= 0.3 is 5.97 Å². The predicted molar refractivity (Wildman–Crippen MR) is 115 cm³/mol. The zero-order valence-electron chi connectivity index (χ0n) is 18.1. The normalized spacial score (nSPS) is 16.8. The summed E-state index contributed by atoms with van der Waals surface area (Å²) < 4.78 is 5.49. The van der Waals surface area contributed by atoms with Gasteiger partial charge in [0.1, 0.15) is 17.1 Å². The third-order valence-corrected chi connectivity index (χ3v) is 5.95. The number of esters is 1. The van der Waals surface area contributed by atoms with Crippen molar-refractivity contribution in [1.82, 2.24) is 0 Å². The van der Waals surface area contributed by atoms with E-state index in [1.165, 1.54) is 0 Å². The molecule has 0 fully saturated rings. The summed E-state index contributed by atoms with van der Waals surface area (Å²) in [5, 5.41) is 22.2. The van der Waals surface area contributed by atoms with Crippen LogP contribution in [0.4, 0.5) is 0 Å². The summed E-state index contributed by atoms with van der Waals surface area (Å²) in [4.78, 5) is 25.6. The van der Waals surface area contributed by atoms with Gasteiger partial charge in [-0.3, -0.25) is 9.59 Å². The fraction of sp³-hybridized carbons (Fsp3) is 0.440. The molecule has 2 atom stereocenters. The number of phenolic OH excluding ortho intramolecular Hbond substituents is 2. The Labute approximate surface area is 177 Å². The molecule has 0 bridgehead atoms. The van der Waals surface area contributed by atoms with Gasteiger partial charge in [0.05, 0.1) is 6.42 Å². The molecule has 0 saturated heterocycles. The van der Waals surface area contributed by atoms with Gasteiger partial charge in [0.2, 0.25) is 0 Å². The van der Waals surface area contributed by atoms with E-state index in [1.807, 2.05) is 37.3 Å². The van der Waals surface area contributed by atoms with Gasteiger partial charge in [-0.05, 0) is 30.7 Å². The van der Waals surface area contributed by atoms with Crippen molar-refractivity contribution >= 4 is 11.8 Å². The van der Waals surface area contributed by atoms with Crippen molar-refractivity contribution < 1.29 is 24.5 Å². The summed E-state index contributed by atoms with van der Waals surface area (Å²) in [6.07, 6.45) is 1.83. The Morgan fingerprint density at radius 3 is 2.40 bits per heavy atom. The summed E-state index contributed by atoms with van der Waals surface area (Å²) in [6.45, 7) is 7.80. The molecule has 1 aliphatic rings. The number of carbonyl (C=O) groups excluding carboxylic acids is 2. The fourth-order valence-corrected chi connectivity index (χ4v) is 3.93. The molecule has 5 nitrogen and oxygen atoms in total. The van der Waals surface area contributed by atoms with Gasteiger partial charge < -0.3 is 14.9 Å². The first-order chi connectivity index (χ1) is 14.3. The van der Waals surface area contributed by atoms with Crippen LogP contribution in [-0.4, -0.2) is 22.0 Å². The molecule has 0 aliphatic carbocycles. The summed E-state index contributed by atoms with van der Waals surface area (Å²) in [7, 11) is 0. The minimum absolute atomic E-state index is 0.00806. The van der Waals surface area contributed by atoms with Crippen molar-refractivity contribution in [2.75, 3.05) is 0 Å². The van der Waals surface area contributed by atoms with Crippen LogP contribution < -0.4 is 4.74 Å². The molecular weight excluding hydrogens is 380 g/mol. The number of ether oxygens (including phenoxy) is 1. The maximum Gasteiger partial charge on any atom is 0.312 e. The van der Waals surface area contributed by atoms with Crippen LogP contribution >= 0.6 is 0 Å². The minimum atomic E-state index is -0.483. The van der Waals surface area contributed by atoms with E-state index in [1.54, 1.807) is 6.92 Å². The molecule has 2 unspecified atom stereocenters. The second-order valence-corrected chi connectivity index (χ2v) is 8.54. The van der Waals surface area contributed by atoms with Crippen LogP contribution in [0.15, 0.2) is 30.3 Å². The third-order valence-electron chi connectivity index (χ3n) is 5.95. The molecule has 0 saturated carbocycles. The van der Waals surface area contributed by atoms with Gasteiger partial charge in [0, 0.05) is 23.0 Å². The van der Waals surface area contributed by atoms with Gasteiger partial charge in [0.15, 0.2) is 11.5 Å². The van der Waals surface area contributed by atoms with E-state index in [-0.39, 0.29) is 40.9 Å². The maximum atomic E-state index is 13.2. The van der Waals surface area contributed by atoms with Crippen LogP contribution in [0, 0.1) is 11.8 Å². The summed E-state index contributed by atoms with van der Waals surface area (Å²) in [5.74, 6) is -1.53. The Balaban J connectivity index is 2.29. The molecule has 0 radical (unpaired) electrons. The van der Waals surface area contributed by atoms with Crippen LogP contribution in [0.5, 0.6) is 17.2 Å². The first-order valence-corrected chi connectivity index (χ1v) is 10.7. The SMILES string of the molecule is CCC(C)C(=O)c1c(O)c(CCC(C)C)c(O)c2c1OC(=O)CC2c1ccccc1. The van der Waals surface area contributed by atoms with E-state index in [4.69, 9.17) is 4.74 Å². The standard InChI is InChI=1S/C25H30O5/c1-5-15(4)22(27)21-24(29)17(12-11-14(2)3)23(28)20-18(13-19(26)30-25(20)21)16-9-7-6-8-10-16/h6-10,14-15,18,28-29H,5,11-13H2,1-4H3. The van der Waals surface area contributed by atoms with E-state index < -0.39 is 11.9 Å². The summed E-state index contributed by atoms with van der Waals surface area (Å²) in [6, 6.07) is 9.41. The minimum Gasteiger partial charge on any atom is -0.507 e. The number of Topliss-reactive ketones (excluding diaryl/α,β-unsaturated/α-hetero) is 1. The van der Waals surface area contributed by atoms with Crippen molar-refractivity contribution in [2.24, 2.45) is 11.8 Å². The topological polar surface area (TPSA) is 83.8 Å². The molecule has 0 spiro atoms. The highest BCUT2D eigenvalue weighted by atomic mass is 16.5. The monoisotopic (exact) mass is 410 g/mol. The second-order valence-electron chi connectivity index (χ2n) is 8.54. The number of phenols is 2. The van der Waals surface area contributed by atoms with Gasteiger partial charge in [-0.25, -0.2) is 0 Å². The van der Waals surface area contributed by atoms with Crippen LogP contribution in [0.1, 0.15) is 79.9 Å². The molecule has 0 aromatic heterocycles. The molecule has 2 N–H and O–H groups in total. The smallest absolute Gasteiger partial charge is 0.312 e. The highest BCUT2D eigenvalue weighted by Crippen LogP contribution is 2.52. The Morgan fingerprint density at radius 1 is 1.13 bits per heavy atom. The number of hydrogen-bond donors (Lipinski definition) is 2. The van der Waals surface area contributed by atoms with Crippen molar-refractivity contribution in [1.29, 1.82) is 0 Å². The molecular formula is C25H30O5. The molecule has 1 aliphatic heterocycles. The molecule has 30 heavy (non-hydrogen) atoms. The summed E-state index contributed by atoms with van der Waals surface area (Å²) in [5.41, 5.74) is 1.65. The lowest BCUT2D eigenvalue weighted by Gasteiger charge is -2.30. The van der Waals surface area contributed by atoms with Gasteiger partial charge in [-0.2, -0.15) is 0 Å². The number of carbonyl (C=O) groups is 2. The lowest BCUT2D eigenvalue weighted by atomic mass is 9.80. The Bertz CT molecular complexity index is 946. The zero-order valence-corrected chi connectivity index (χ0v) is 18.1. The number of aromatic hydroxyl groups is 2. The first kappa shape index (κ1) is 21.9. The highest BCUT2D eigenvalue weighted by molar-refractivity contribution is 6.05. The van der Waals surface area contributed by atoms with Gasteiger partial charge in [-0.15, -0.1) is 0 Å². The number of hydrogen-bond acceptors (Lipinski definition) is 5. The number of benzene rings is 2.